The van der Waals surface area contributed by atoms with Crippen LogP contribution >= 0.6 is 31.9 Å². The normalized spacial score (nSPS) is 15.1. The van der Waals surface area contributed by atoms with Gasteiger partial charge in [0, 0.05) is 15.7 Å². The first-order valence-corrected chi connectivity index (χ1v) is 9.73. The minimum Gasteiger partial charge on any atom is -0.506 e. The monoisotopic (exact) mass is 507 g/mol. The van der Waals surface area contributed by atoms with Crippen molar-refractivity contribution in [1.29, 1.82) is 0 Å². The lowest BCUT2D eigenvalue weighted by atomic mass is 10.1. The number of aryl methyl sites for hydroxylation is 1. The van der Waals surface area contributed by atoms with E-state index in [1.807, 2.05) is 19.1 Å². The molecule has 0 saturated carbocycles. The van der Waals surface area contributed by atoms with E-state index in [1.54, 1.807) is 24.3 Å². The van der Waals surface area contributed by atoms with Crippen LogP contribution < -0.4 is 10.6 Å². The Morgan fingerprint density at radius 3 is 2.68 bits per heavy atom. The Morgan fingerprint density at radius 1 is 1.25 bits per heavy atom. The van der Waals surface area contributed by atoms with E-state index in [9.17, 15) is 19.5 Å². The molecule has 28 heavy (non-hydrogen) atoms. The van der Waals surface area contributed by atoms with Gasteiger partial charge in [0.05, 0.1) is 4.47 Å². The van der Waals surface area contributed by atoms with Crippen molar-refractivity contribution >= 4 is 61.5 Å². The van der Waals surface area contributed by atoms with Gasteiger partial charge in [0.1, 0.15) is 18.0 Å². The van der Waals surface area contributed by atoms with Gasteiger partial charge in [-0.1, -0.05) is 34.1 Å². The van der Waals surface area contributed by atoms with E-state index in [0.29, 0.717) is 20.2 Å². The van der Waals surface area contributed by atoms with Crippen molar-refractivity contribution in [2.24, 2.45) is 0 Å². The highest BCUT2D eigenvalue weighted by Crippen LogP contribution is 2.33. The molecule has 1 saturated heterocycles. The van der Waals surface area contributed by atoms with Crippen LogP contribution in [0.2, 0.25) is 0 Å². The Labute approximate surface area is 177 Å². The number of hydrogen-bond donors (Lipinski definition) is 3. The number of hydrogen-bond acceptors (Lipinski definition) is 4. The number of para-hydroxylation sites is 1. The molecule has 0 radical (unpaired) electrons. The lowest BCUT2D eigenvalue weighted by molar-refractivity contribution is -0.127. The number of imide groups is 1. The molecule has 1 fully saturated rings. The van der Waals surface area contributed by atoms with Gasteiger partial charge in [0.25, 0.3) is 5.91 Å². The quantitative estimate of drug-likeness (QED) is 0.432. The second-order valence-corrected chi connectivity index (χ2v) is 7.84. The van der Waals surface area contributed by atoms with Crippen LogP contribution in [0.5, 0.6) is 5.75 Å². The maximum absolute atomic E-state index is 12.5. The first-order chi connectivity index (χ1) is 13.3. The van der Waals surface area contributed by atoms with Gasteiger partial charge in [-0.25, -0.2) is 9.69 Å². The molecule has 9 heteroatoms. The van der Waals surface area contributed by atoms with E-state index in [-0.39, 0.29) is 11.4 Å². The summed E-state index contributed by atoms with van der Waals surface area (Å²) >= 11 is 6.51. The zero-order valence-electron chi connectivity index (χ0n) is 14.6. The van der Waals surface area contributed by atoms with E-state index < -0.39 is 24.4 Å². The summed E-state index contributed by atoms with van der Waals surface area (Å²) in [4.78, 5) is 37.8. The van der Waals surface area contributed by atoms with Gasteiger partial charge < -0.3 is 15.7 Å². The van der Waals surface area contributed by atoms with Crippen LogP contribution in [0.3, 0.4) is 0 Å². The Morgan fingerprint density at radius 2 is 1.96 bits per heavy atom. The number of phenolic OH excluding ortho intramolecular Hbond substituents is 1. The zero-order chi connectivity index (χ0) is 20.4. The highest BCUT2D eigenvalue weighted by molar-refractivity contribution is 9.11. The van der Waals surface area contributed by atoms with Crippen LogP contribution in [0.1, 0.15) is 11.1 Å². The molecule has 0 spiro atoms. The Hall–Kier alpha value is -2.65. The topological polar surface area (TPSA) is 98.7 Å². The lowest BCUT2D eigenvalue weighted by Gasteiger charge is -2.13. The number of benzene rings is 2. The van der Waals surface area contributed by atoms with Crippen molar-refractivity contribution in [3.63, 3.8) is 0 Å². The number of urea groups is 1. The number of anilines is 1. The summed E-state index contributed by atoms with van der Waals surface area (Å²) in [5.74, 6) is -1.22. The van der Waals surface area contributed by atoms with Gasteiger partial charge >= 0.3 is 6.03 Å². The molecule has 0 aromatic heterocycles. The van der Waals surface area contributed by atoms with Gasteiger partial charge in [-0.05, 0) is 52.7 Å². The minimum absolute atomic E-state index is 0.0333. The minimum atomic E-state index is -0.704. The van der Waals surface area contributed by atoms with Crippen molar-refractivity contribution in [1.82, 2.24) is 10.2 Å². The van der Waals surface area contributed by atoms with E-state index >= 15 is 0 Å². The second kappa shape index (κ2) is 8.15. The third-order valence-electron chi connectivity index (χ3n) is 4.04. The second-order valence-electron chi connectivity index (χ2n) is 6.07. The van der Waals surface area contributed by atoms with E-state index in [4.69, 9.17) is 0 Å². The highest BCUT2D eigenvalue weighted by Gasteiger charge is 2.35. The smallest absolute Gasteiger partial charge is 0.329 e. The SMILES string of the molecule is Cc1ccccc1NC(=O)CN1C(=O)N/C(=C\c2cc(Br)cc(Br)c2O)C1=O. The van der Waals surface area contributed by atoms with Crippen molar-refractivity contribution < 1.29 is 19.5 Å². The van der Waals surface area contributed by atoms with Crippen LogP contribution in [-0.2, 0) is 9.59 Å². The number of nitrogens with zero attached hydrogens (tertiary/aromatic N) is 1. The van der Waals surface area contributed by atoms with E-state index in [2.05, 4.69) is 42.5 Å². The Bertz CT molecular complexity index is 1020. The molecule has 1 heterocycles. The van der Waals surface area contributed by atoms with Crippen LogP contribution in [-0.4, -0.2) is 34.4 Å². The molecular formula is C19H15Br2N3O4. The number of carbonyl (C=O) groups excluding carboxylic acids is 3. The molecule has 1 aliphatic rings. The van der Waals surface area contributed by atoms with Crippen LogP contribution in [0.15, 0.2) is 51.0 Å². The van der Waals surface area contributed by atoms with Crippen LogP contribution in [0.25, 0.3) is 6.08 Å². The molecule has 3 N–H and O–H groups in total. The van der Waals surface area contributed by atoms with Gasteiger partial charge in [-0.3, -0.25) is 9.59 Å². The molecule has 144 valence electrons. The van der Waals surface area contributed by atoms with Gasteiger partial charge in [-0.2, -0.15) is 0 Å². The van der Waals surface area contributed by atoms with Crippen molar-refractivity contribution in [2.45, 2.75) is 6.92 Å². The summed E-state index contributed by atoms with van der Waals surface area (Å²) in [6, 6.07) is 9.74. The zero-order valence-corrected chi connectivity index (χ0v) is 17.8. The summed E-state index contributed by atoms with van der Waals surface area (Å²) in [7, 11) is 0. The fourth-order valence-corrected chi connectivity index (χ4v) is 3.87. The predicted molar refractivity (Wildman–Crippen MR) is 112 cm³/mol. The maximum atomic E-state index is 12.5. The van der Waals surface area contributed by atoms with Crippen molar-refractivity contribution in [2.75, 3.05) is 11.9 Å². The fourth-order valence-electron chi connectivity index (χ4n) is 2.61. The number of amides is 4. The maximum Gasteiger partial charge on any atom is 0.329 e. The highest BCUT2D eigenvalue weighted by atomic mass is 79.9. The first kappa shape index (κ1) is 20.1. The van der Waals surface area contributed by atoms with Crippen LogP contribution in [0.4, 0.5) is 10.5 Å². The molecular weight excluding hydrogens is 494 g/mol. The van der Waals surface area contributed by atoms with E-state index in [0.717, 1.165) is 10.5 Å². The third-order valence-corrected chi connectivity index (χ3v) is 5.10. The number of halogens is 2. The molecule has 4 amide bonds. The summed E-state index contributed by atoms with van der Waals surface area (Å²) < 4.78 is 1.11. The molecule has 0 aliphatic carbocycles. The average Bonchev–Trinajstić information content (AvgIpc) is 2.88. The molecule has 1 aliphatic heterocycles. The molecule has 3 rings (SSSR count). The molecule has 0 unspecified atom stereocenters. The predicted octanol–water partition coefficient (Wildman–Crippen LogP) is 3.76. The van der Waals surface area contributed by atoms with Crippen molar-refractivity contribution in [3.8, 4) is 5.75 Å². The summed E-state index contributed by atoms with van der Waals surface area (Å²) in [6.07, 6.45) is 1.35. The average molecular weight is 509 g/mol. The number of phenols is 1. The third kappa shape index (κ3) is 4.26. The lowest BCUT2D eigenvalue weighted by Crippen LogP contribution is -2.38. The molecule has 2 aromatic rings. The number of aromatic hydroxyl groups is 1. The molecule has 0 bridgehead atoms. The molecule has 0 atom stereocenters. The molecule has 2 aromatic carbocycles. The Balaban J connectivity index is 1.77. The summed E-state index contributed by atoms with van der Waals surface area (Å²) in [5.41, 5.74) is 1.77. The van der Waals surface area contributed by atoms with Gasteiger partial charge in [0.2, 0.25) is 5.91 Å². The number of nitrogens with one attached hydrogen (secondary N) is 2. The first-order valence-electron chi connectivity index (χ1n) is 8.14. The summed E-state index contributed by atoms with van der Waals surface area (Å²) in [5, 5.41) is 15.2. The largest absolute Gasteiger partial charge is 0.506 e. The van der Waals surface area contributed by atoms with Gasteiger partial charge in [0.15, 0.2) is 0 Å². The molecule has 7 nitrogen and oxygen atoms in total. The van der Waals surface area contributed by atoms with Gasteiger partial charge in [-0.15, -0.1) is 0 Å². The Kier molecular flexibility index (Phi) is 5.85. The van der Waals surface area contributed by atoms with Crippen LogP contribution in [0, 0.1) is 6.92 Å². The van der Waals surface area contributed by atoms with E-state index in [1.165, 1.54) is 6.08 Å². The summed E-state index contributed by atoms with van der Waals surface area (Å²) in [6.45, 7) is 1.41. The van der Waals surface area contributed by atoms with Crippen molar-refractivity contribution in [3.05, 3.63) is 62.2 Å². The number of carbonyl (C=O) groups is 3. The fraction of sp³-hybridized carbons (Fsp3) is 0.105. The number of rotatable bonds is 4. The standard InChI is InChI=1S/C19H15Br2N3O4/c1-10-4-2-3-5-14(10)22-16(25)9-24-18(27)15(23-19(24)28)7-11-6-12(20)8-13(21)17(11)26/h2-8,26H,9H2,1H3,(H,22,25)(H,23,28)/b15-7-.